The number of alkyl halides is 2. The van der Waals surface area contributed by atoms with E-state index in [1.54, 1.807) is 30.3 Å². The highest BCUT2D eigenvalue weighted by molar-refractivity contribution is 5.79. The first kappa shape index (κ1) is 14.3. The monoisotopic (exact) mass is 256 g/mol. The van der Waals surface area contributed by atoms with E-state index in [4.69, 9.17) is 0 Å². The molecule has 0 heterocycles. The van der Waals surface area contributed by atoms with Crippen molar-refractivity contribution < 1.29 is 23.4 Å². The summed E-state index contributed by atoms with van der Waals surface area (Å²) in [5.74, 6) is -5.67. The summed E-state index contributed by atoms with van der Waals surface area (Å²) >= 11 is 0. The van der Waals surface area contributed by atoms with Gasteiger partial charge in [-0.2, -0.15) is 8.78 Å². The van der Waals surface area contributed by atoms with Gasteiger partial charge < -0.3 is 9.84 Å². The van der Waals surface area contributed by atoms with Crippen LogP contribution in [0.25, 0.3) is 6.08 Å². The highest BCUT2D eigenvalue weighted by Gasteiger charge is 2.46. The van der Waals surface area contributed by atoms with Crippen molar-refractivity contribution in [3.8, 4) is 0 Å². The zero-order valence-electron chi connectivity index (χ0n) is 9.85. The summed E-state index contributed by atoms with van der Waals surface area (Å²) < 4.78 is 30.8. The summed E-state index contributed by atoms with van der Waals surface area (Å²) in [5.41, 5.74) is 0.649. The molecule has 0 saturated heterocycles. The van der Waals surface area contributed by atoms with E-state index in [0.29, 0.717) is 5.56 Å². The quantitative estimate of drug-likeness (QED) is 0.822. The molecular weight excluding hydrogens is 242 g/mol. The first-order chi connectivity index (χ1) is 8.48. The Kier molecular flexibility index (Phi) is 4.97. The van der Waals surface area contributed by atoms with Crippen molar-refractivity contribution in [2.75, 3.05) is 6.61 Å². The van der Waals surface area contributed by atoms with Gasteiger partial charge in [-0.1, -0.05) is 36.4 Å². The molecule has 0 aliphatic rings. The Balaban J connectivity index is 2.72. The van der Waals surface area contributed by atoms with Gasteiger partial charge in [-0.3, -0.25) is 0 Å². The van der Waals surface area contributed by atoms with E-state index >= 15 is 0 Å². The minimum Gasteiger partial charge on any atom is -0.461 e. The molecule has 0 aliphatic heterocycles. The van der Waals surface area contributed by atoms with Gasteiger partial charge in [0.1, 0.15) is 6.10 Å². The largest absolute Gasteiger partial charge is 0.461 e. The molecule has 1 aromatic carbocycles. The fourth-order valence-corrected chi connectivity index (χ4v) is 1.24. The molecule has 0 amide bonds. The highest BCUT2D eigenvalue weighted by atomic mass is 19.3. The number of aliphatic hydroxyl groups excluding tert-OH is 1. The van der Waals surface area contributed by atoms with Crippen molar-refractivity contribution in [2.24, 2.45) is 0 Å². The van der Waals surface area contributed by atoms with E-state index in [9.17, 15) is 18.7 Å². The van der Waals surface area contributed by atoms with E-state index in [0.717, 1.165) is 6.08 Å². The number of carbonyl (C=O) groups excluding carboxylic acids is 1. The summed E-state index contributed by atoms with van der Waals surface area (Å²) in [7, 11) is 0. The van der Waals surface area contributed by atoms with Gasteiger partial charge >= 0.3 is 11.9 Å². The maximum Gasteiger partial charge on any atom is 0.380 e. The van der Waals surface area contributed by atoms with Crippen LogP contribution in [0, 0.1) is 0 Å². The molecule has 0 fully saturated rings. The maximum atomic E-state index is 13.3. The fraction of sp³-hybridized carbons (Fsp3) is 0.308. The van der Waals surface area contributed by atoms with Gasteiger partial charge in [0.25, 0.3) is 0 Å². The predicted octanol–water partition coefficient (Wildman–Crippen LogP) is 2.26. The number of aliphatic hydroxyl groups is 1. The molecule has 1 aromatic rings. The average molecular weight is 256 g/mol. The number of hydrogen-bond acceptors (Lipinski definition) is 3. The third kappa shape index (κ3) is 3.63. The zero-order valence-corrected chi connectivity index (χ0v) is 9.85. The molecule has 1 N–H and O–H groups in total. The van der Waals surface area contributed by atoms with Crippen LogP contribution in [0.1, 0.15) is 12.5 Å². The van der Waals surface area contributed by atoms with Gasteiger partial charge in [-0.05, 0) is 18.6 Å². The lowest BCUT2D eigenvalue weighted by Gasteiger charge is -2.17. The first-order valence-corrected chi connectivity index (χ1v) is 5.44. The van der Waals surface area contributed by atoms with Gasteiger partial charge in [0.05, 0.1) is 6.61 Å². The first-order valence-electron chi connectivity index (χ1n) is 5.44. The molecule has 18 heavy (non-hydrogen) atoms. The second-order valence-electron chi connectivity index (χ2n) is 3.56. The van der Waals surface area contributed by atoms with E-state index in [1.807, 2.05) is 0 Å². The third-order valence-corrected chi connectivity index (χ3v) is 2.19. The van der Waals surface area contributed by atoms with Crippen molar-refractivity contribution in [1.82, 2.24) is 0 Å². The molecule has 0 radical (unpaired) electrons. The lowest BCUT2D eigenvalue weighted by Crippen LogP contribution is -2.41. The van der Waals surface area contributed by atoms with Crippen LogP contribution < -0.4 is 0 Å². The lowest BCUT2D eigenvalue weighted by molar-refractivity contribution is -0.183. The van der Waals surface area contributed by atoms with Crippen molar-refractivity contribution in [2.45, 2.75) is 19.0 Å². The van der Waals surface area contributed by atoms with Gasteiger partial charge in [0.15, 0.2) is 0 Å². The van der Waals surface area contributed by atoms with Gasteiger partial charge in [0, 0.05) is 0 Å². The fourth-order valence-electron chi connectivity index (χ4n) is 1.24. The number of hydrogen-bond donors (Lipinski definition) is 1. The molecule has 1 rings (SSSR count). The Morgan fingerprint density at radius 1 is 1.44 bits per heavy atom. The van der Waals surface area contributed by atoms with Crippen LogP contribution in [0.3, 0.4) is 0 Å². The van der Waals surface area contributed by atoms with Crippen LogP contribution in [0.5, 0.6) is 0 Å². The molecule has 1 atom stereocenters. The molecule has 98 valence electrons. The normalized spacial score (nSPS) is 13.6. The van der Waals surface area contributed by atoms with Gasteiger partial charge in [-0.25, -0.2) is 4.79 Å². The summed E-state index contributed by atoms with van der Waals surface area (Å²) in [5, 5.41) is 9.30. The Morgan fingerprint density at radius 2 is 2.06 bits per heavy atom. The van der Waals surface area contributed by atoms with Crippen molar-refractivity contribution in [3.05, 3.63) is 42.0 Å². The maximum absolute atomic E-state index is 13.3. The number of rotatable bonds is 5. The Labute approximate surface area is 104 Å². The summed E-state index contributed by atoms with van der Waals surface area (Å²) in [4.78, 5) is 11.0. The zero-order chi connectivity index (χ0) is 13.6. The topological polar surface area (TPSA) is 46.5 Å². The predicted molar refractivity (Wildman–Crippen MR) is 63.1 cm³/mol. The van der Waals surface area contributed by atoms with Crippen LogP contribution in [0.2, 0.25) is 0 Å². The van der Waals surface area contributed by atoms with E-state index in [-0.39, 0.29) is 6.61 Å². The summed E-state index contributed by atoms with van der Waals surface area (Å²) in [6.07, 6.45) is -0.0268. The second kappa shape index (κ2) is 6.26. The molecule has 5 heteroatoms. The van der Waals surface area contributed by atoms with Crippen LogP contribution in [-0.4, -0.2) is 29.7 Å². The molecule has 0 aromatic heterocycles. The molecule has 0 saturated carbocycles. The summed E-state index contributed by atoms with van der Waals surface area (Å²) in [6.45, 7) is 1.25. The van der Waals surface area contributed by atoms with Gasteiger partial charge in [0.2, 0.25) is 0 Å². The minimum atomic E-state index is -3.94. The smallest absolute Gasteiger partial charge is 0.380 e. The second-order valence-corrected chi connectivity index (χ2v) is 3.56. The van der Waals surface area contributed by atoms with E-state index in [2.05, 4.69) is 4.74 Å². The van der Waals surface area contributed by atoms with Crippen molar-refractivity contribution in [1.29, 1.82) is 0 Å². The van der Waals surface area contributed by atoms with Crippen LogP contribution in [0.15, 0.2) is 36.4 Å². The molecule has 0 bridgehead atoms. The average Bonchev–Trinajstić information content (AvgIpc) is 2.37. The third-order valence-electron chi connectivity index (χ3n) is 2.19. The standard InChI is InChI=1S/C13H14F2O3/c1-2-18-12(17)13(14,15)11(16)9-8-10-6-4-3-5-7-10/h3-9,11,16H,2H2,1H3/b9-8+/t11-/m1/s1. The number of carbonyl (C=O) groups is 1. The van der Waals surface area contributed by atoms with Gasteiger partial charge in [-0.15, -0.1) is 0 Å². The van der Waals surface area contributed by atoms with Crippen LogP contribution in [0.4, 0.5) is 8.78 Å². The molecular formula is C13H14F2O3. The number of halogens is 2. The SMILES string of the molecule is CCOC(=O)C(F)(F)[C@H](O)/C=C/c1ccccc1. The molecule has 3 nitrogen and oxygen atoms in total. The Bertz CT molecular complexity index is 416. The lowest BCUT2D eigenvalue weighted by atomic mass is 10.1. The molecule has 0 spiro atoms. The molecule has 0 aliphatic carbocycles. The van der Waals surface area contributed by atoms with Crippen molar-refractivity contribution >= 4 is 12.0 Å². The number of esters is 1. The Morgan fingerprint density at radius 3 is 2.61 bits per heavy atom. The van der Waals surface area contributed by atoms with Crippen LogP contribution in [-0.2, 0) is 9.53 Å². The van der Waals surface area contributed by atoms with E-state index in [1.165, 1.54) is 13.0 Å². The summed E-state index contributed by atoms with van der Waals surface area (Å²) in [6, 6.07) is 8.61. The minimum absolute atomic E-state index is 0.163. The molecule has 0 unspecified atom stereocenters. The highest BCUT2D eigenvalue weighted by Crippen LogP contribution is 2.22. The number of ether oxygens (including phenoxy) is 1. The van der Waals surface area contributed by atoms with Crippen molar-refractivity contribution in [3.63, 3.8) is 0 Å². The van der Waals surface area contributed by atoms with Crippen LogP contribution >= 0.6 is 0 Å². The Hall–Kier alpha value is -1.75. The number of benzene rings is 1. The van der Waals surface area contributed by atoms with E-state index < -0.39 is 18.0 Å².